The van der Waals surface area contributed by atoms with E-state index in [0.29, 0.717) is 26.2 Å². The Morgan fingerprint density at radius 1 is 1.07 bits per heavy atom. The van der Waals surface area contributed by atoms with E-state index < -0.39 is 0 Å². The zero-order valence-corrected chi connectivity index (χ0v) is 17.9. The van der Waals surface area contributed by atoms with Crippen LogP contribution in [0.3, 0.4) is 0 Å². The highest BCUT2D eigenvalue weighted by Crippen LogP contribution is 2.28. The molecule has 1 saturated heterocycles. The number of nitrogens with zero attached hydrogens (tertiary/aromatic N) is 3. The number of carbonyl (C=O) groups excluding carboxylic acids is 1. The molecular weight excluding hydrogens is 396 g/mol. The maximum atomic E-state index is 12.6. The largest absolute Gasteiger partial charge is 0.492 e. The second-order valence-corrected chi connectivity index (χ2v) is 7.97. The number of rotatable bonds is 6. The molecule has 0 atom stereocenters. The first-order chi connectivity index (χ1) is 14.7. The number of benzene rings is 2. The Hall–Kier alpha value is -3.06. The van der Waals surface area contributed by atoms with E-state index in [-0.39, 0.29) is 6.03 Å². The Bertz CT molecular complexity index is 968. The van der Waals surface area contributed by atoms with Gasteiger partial charge >= 0.3 is 6.03 Å². The lowest BCUT2D eigenvalue weighted by molar-refractivity contribution is 0.194. The summed E-state index contributed by atoms with van der Waals surface area (Å²) in [6, 6.07) is 18.1. The second-order valence-electron chi connectivity index (χ2n) is 7.03. The molecule has 7 heteroatoms. The number of hydrogen-bond donors (Lipinski definition) is 1. The molecule has 1 N–H and O–H groups in total. The number of nitrogens with one attached hydrogen (secondary N) is 1. The van der Waals surface area contributed by atoms with Crippen molar-refractivity contribution in [2.45, 2.75) is 13.5 Å². The fourth-order valence-corrected chi connectivity index (χ4v) is 4.29. The Balaban J connectivity index is 1.29. The van der Waals surface area contributed by atoms with Crippen molar-refractivity contribution in [1.82, 2.24) is 15.2 Å². The third-order valence-electron chi connectivity index (χ3n) is 5.08. The minimum Gasteiger partial charge on any atom is -0.492 e. The van der Waals surface area contributed by atoms with Gasteiger partial charge in [-0.1, -0.05) is 42.5 Å². The lowest BCUT2D eigenvalue weighted by atomic mass is 10.2. The molecular formula is C23H26N4O2S. The van der Waals surface area contributed by atoms with Gasteiger partial charge in [-0.3, -0.25) is 0 Å². The van der Waals surface area contributed by atoms with Gasteiger partial charge < -0.3 is 19.9 Å². The molecule has 0 unspecified atom stereocenters. The van der Waals surface area contributed by atoms with Crippen molar-refractivity contribution in [3.8, 4) is 17.0 Å². The highest BCUT2D eigenvalue weighted by Gasteiger charge is 2.23. The fourth-order valence-electron chi connectivity index (χ4n) is 3.54. The van der Waals surface area contributed by atoms with Crippen LogP contribution in [0.15, 0.2) is 60.0 Å². The van der Waals surface area contributed by atoms with E-state index in [1.165, 1.54) is 0 Å². The van der Waals surface area contributed by atoms with Crippen LogP contribution < -0.4 is 15.0 Å². The average molecular weight is 423 g/mol. The van der Waals surface area contributed by atoms with Crippen LogP contribution in [0.2, 0.25) is 0 Å². The lowest BCUT2D eigenvalue weighted by Crippen LogP contribution is -2.51. The summed E-state index contributed by atoms with van der Waals surface area (Å²) in [5, 5.41) is 5.95. The molecule has 1 aliphatic heterocycles. The third kappa shape index (κ3) is 4.74. The van der Waals surface area contributed by atoms with Crippen LogP contribution in [0.4, 0.5) is 10.5 Å². The molecule has 4 rings (SSSR count). The number of ether oxygens (including phenoxy) is 1. The molecule has 0 radical (unpaired) electrons. The molecule has 30 heavy (non-hydrogen) atoms. The zero-order valence-electron chi connectivity index (χ0n) is 17.1. The van der Waals surface area contributed by atoms with Crippen molar-refractivity contribution in [2.75, 3.05) is 37.7 Å². The van der Waals surface area contributed by atoms with Crippen molar-refractivity contribution in [3.05, 3.63) is 65.0 Å². The highest BCUT2D eigenvalue weighted by molar-refractivity contribution is 7.09. The Labute approximate surface area is 181 Å². The number of urea groups is 1. The quantitative estimate of drug-likeness (QED) is 0.646. The number of hydrogen-bond acceptors (Lipinski definition) is 5. The number of piperazine rings is 1. The number of anilines is 1. The van der Waals surface area contributed by atoms with E-state index in [4.69, 9.17) is 4.74 Å². The molecule has 1 aliphatic rings. The van der Waals surface area contributed by atoms with E-state index in [1.54, 1.807) is 11.3 Å². The van der Waals surface area contributed by atoms with Crippen molar-refractivity contribution >= 4 is 23.1 Å². The number of para-hydroxylation sites is 2. The number of aromatic nitrogens is 1. The predicted molar refractivity (Wildman–Crippen MR) is 121 cm³/mol. The van der Waals surface area contributed by atoms with Crippen molar-refractivity contribution in [1.29, 1.82) is 0 Å². The van der Waals surface area contributed by atoms with Gasteiger partial charge in [0, 0.05) is 37.1 Å². The molecule has 2 amide bonds. The number of carbonyl (C=O) groups is 1. The van der Waals surface area contributed by atoms with Crippen molar-refractivity contribution in [3.63, 3.8) is 0 Å². The maximum Gasteiger partial charge on any atom is 0.317 e. The third-order valence-corrected chi connectivity index (χ3v) is 5.93. The molecule has 0 bridgehead atoms. The number of thiazole rings is 1. The monoisotopic (exact) mass is 422 g/mol. The molecule has 6 nitrogen and oxygen atoms in total. The first-order valence-electron chi connectivity index (χ1n) is 10.2. The zero-order chi connectivity index (χ0) is 20.8. The topological polar surface area (TPSA) is 57.7 Å². The van der Waals surface area contributed by atoms with E-state index in [1.807, 2.05) is 65.7 Å². The Morgan fingerprint density at radius 2 is 1.80 bits per heavy atom. The van der Waals surface area contributed by atoms with E-state index in [2.05, 4.69) is 21.3 Å². The Kier molecular flexibility index (Phi) is 6.49. The van der Waals surface area contributed by atoms with Gasteiger partial charge in [0.2, 0.25) is 0 Å². The van der Waals surface area contributed by atoms with Gasteiger partial charge in [0.1, 0.15) is 10.8 Å². The first-order valence-corrected chi connectivity index (χ1v) is 11.1. The van der Waals surface area contributed by atoms with Gasteiger partial charge in [0.05, 0.1) is 24.5 Å². The van der Waals surface area contributed by atoms with Gasteiger partial charge in [-0.25, -0.2) is 9.78 Å². The van der Waals surface area contributed by atoms with E-state index >= 15 is 0 Å². The van der Waals surface area contributed by atoms with Gasteiger partial charge in [0.25, 0.3) is 0 Å². The average Bonchev–Trinajstić information content (AvgIpc) is 3.28. The normalized spacial score (nSPS) is 13.9. The summed E-state index contributed by atoms with van der Waals surface area (Å²) in [6.45, 7) is 6.01. The molecule has 0 aliphatic carbocycles. The van der Waals surface area contributed by atoms with Crippen LogP contribution in [0.1, 0.15) is 11.9 Å². The van der Waals surface area contributed by atoms with Gasteiger partial charge in [-0.2, -0.15) is 0 Å². The van der Waals surface area contributed by atoms with E-state index in [0.717, 1.165) is 40.8 Å². The maximum absolute atomic E-state index is 12.6. The minimum absolute atomic E-state index is 0.0378. The fraction of sp³-hybridized carbons (Fsp3) is 0.304. The molecule has 0 saturated carbocycles. The van der Waals surface area contributed by atoms with Gasteiger partial charge in [0.15, 0.2) is 0 Å². The summed E-state index contributed by atoms with van der Waals surface area (Å²) in [6.07, 6.45) is 0. The molecule has 1 aromatic heterocycles. The van der Waals surface area contributed by atoms with Crippen LogP contribution >= 0.6 is 11.3 Å². The smallest absolute Gasteiger partial charge is 0.317 e. The summed E-state index contributed by atoms with van der Waals surface area (Å²) in [5.74, 6) is 0.899. The molecule has 2 aromatic carbocycles. The summed E-state index contributed by atoms with van der Waals surface area (Å²) >= 11 is 1.57. The van der Waals surface area contributed by atoms with Crippen LogP contribution in [-0.4, -0.2) is 48.7 Å². The van der Waals surface area contributed by atoms with Crippen molar-refractivity contribution < 1.29 is 9.53 Å². The van der Waals surface area contributed by atoms with Gasteiger partial charge in [-0.15, -0.1) is 11.3 Å². The first kappa shape index (κ1) is 20.2. The minimum atomic E-state index is -0.0378. The van der Waals surface area contributed by atoms with Crippen LogP contribution in [-0.2, 0) is 6.54 Å². The standard InChI is InChI=1S/C23H26N4O2S/c1-2-29-21-11-7-6-10-20(21)26-12-14-27(15-13-26)23(28)24-16-22-25-19(17-30-22)18-8-4-3-5-9-18/h3-11,17H,2,12-16H2,1H3,(H,24,28). The van der Waals surface area contributed by atoms with Crippen LogP contribution in [0.5, 0.6) is 5.75 Å². The summed E-state index contributed by atoms with van der Waals surface area (Å²) < 4.78 is 5.75. The molecule has 1 fully saturated rings. The molecule has 2 heterocycles. The highest BCUT2D eigenvalue weighted by atomic mass is 32.1. The molecule has 0 spiro atoms. The Morgan fingerprint density at radius 3 is 2.57 bits per heavy atom. The van der Waals surface area contributed by atoms with Gasteiger partial charge in [-0.05, 0) is 19.1 Å². The second kappa shape index (κ2) is 9.63. The summed E-state index contributed by atoms with van der Waals surface area (Å²) in [4.78, 5) is 21.4. The van der Waals surface area contributed by atoms with Crippen LogP contribution in [0, 0.1) is 0 Å². The number of amides is 2. The molecule has 3 aromatic rings. The van der Waals surface area contributed by atoms with Crippen molar-refractivity contribution in [2.24, 2.45) is 0 Å². The summed E-state index contributed by atoms with van der Waals surface area (Å²) in [7, 11) is 0. The SMILES string of the molecule is CCOc1ccccc1N1CCN(C(=O)NCc2nc(-c3ccccc3)cs2)CC1. The van der Waals surface area contributed by atoms with Crippen LogP contribution in [0.25, 0.3) is 11.3 Å². The molecule has 156 valence electrons. The van der Waals surface area contributed by atoms with E-state index in [9.17, 15) is 4.79 Å². The lowest BCUT2D eigenvalue weighted by Gasteiger charge is -2.36. The summed E-state index contributed by atoms with van der Waals surface area (Å²) in [5.41, 5.74) is 3.14. The predicted octanol–water partition coefficient (Wildman–Crippen LogP) is 4.24.